The van der Waals surface area contributed by atoms with Gasteiger partial charge in [-0.3, -0.25) is 0 Å². The number of hydrogen-bond acceptors (Lipinski definition) is 4. The number of rotatable bonds is 4. The molecule has 0 amide bonds. The van der Waals surface area contributed by atoms with E-state index in [0.717, 1.165) is 22.7 Å². The third-order valence-electron chi connectivity index (χ3n) is 2.33. The first kappa shape index (κ1) is 11.4. The molecule has 0 saturated heterocycles. The van der Waals surface area contributed by atoms with Gasteiger partial charge in [-0.2, -0.15) is 0 Å². The zero-order valence-electron chi connectivity index (χ0n) is 9.56. The third-order valence-corrected chi connectivity index (χ3v) is 3.50. The summed E-state index contributed by atoms with van der Waals surface area (Å²) >= 11 is 1.66. The molecule has 0 spiro atoms. The van der Waals surface area contributed by atoms with Crippen LogP contribution in [0.4, 0.5) is 0 Å². The summed E-state index contributed by atoms with van der Waals surface area (Å²) in [6, 6.07) is 1.93. The van der Waals surface area contributed by atoms with Gasteiger partial charge in [-0.15, -0.1) is 11.3 Å². The van der Waals surface area contributed by atoms with E-state index < -0.39 is 0 Å². The summed E-state index contributed by atoms with van der Waals surface area (Å²) in [5, 5.41) is 1.00. The fraction of sp³-hybridized carbons (Fsp3) is 0.417. The van der Waals surface area contributed by atoms with Gasteiger partial charge >= 0.3 is 0 Å². The fourth-order valence-corrected chi connectivity index (χ4v) is 2.55. The minimum absolute atomic E-state index is 0.567. The Bertz CT molecular complexity index is 446. The summed E-state index contributed by atoms with van der Waals surface area (Å²) < 4.78 is 5.07. The van der Waals surface area contributed by atoms with Gasteiger partial charge in [0.15, 0.2) is 0 Å². The van der Waals surface area contributed by atoms with E-state index in [2.05, 4.69) is 18.8 Å². The maximum atomic E-state index is 5.74. The van der Waals surface area contributed by atoms with Crippen LogP contribution in [0.1, 0.15) is 24.4 Å². The molecule has 0 radical (unpaired) electrons. The smallest absolute Gasteiger partial charge is 0.127 e. The van der Waals surface area contributed by atoms with E-state index in [1.165, 1.54) is 4.88 Å². The molecule has 2 aromatic rings. The maximum absolute atomic E-state index is 5.74. The molecule has 0 unspecified atom stereocenters. The Labute approximate surface area is 99.3 Å². The van der Waals surface area contributed by atoms with Gasteiger partial charge in [0, 0.05) is 17.0 Å². The highest BCUT2D eigenvalue weighted by molar-refractivity contribution is 7.15. The van der Waals surface area contributed by atoms with E-state index >= 15 is 0 Å². The van der Waals surface area contributed by atoms with Crippen molar-refractivity contribution in [1.29, 1.82) is 0 Å². The normalized spacial score (nSPS) is 11.2. The van der Waals surface area contributed by atoms with Crippen LogP contribution in [0.15, 0.2) is 23.0 Å². The highest BCUT2D eigenvalue weighted by Gasteiger charge is 2.13. The second-order valence-corrected chi connectivity index (χ2v) is 5.29. The van der Waals surface area contributed by atoms with Crippen LogP contribution in [0.3, 0.4) is 0 Å². The SMILES string of the molecule is CC(C)Cc1nc(-c2ccoc2)sc1CN. The van der Waals surface area contributed by atoms with Crippen molar-refractivity contribution in [2.24, 2.45) is 11.7 Å². The monoisotopic (exact) mass is 236 g/mol. The first-order chi connectivity index (χ1) is 7.70. The van der Waals surface area contributed by atoms with Crippen LogP contribution < -0.4 is 5.73 Å². The summed E-state index contributed by atoms with van der Waals surface area (Å²) in [5.74, 6) is 0.601. The van der Waals surface area contributed by atoms with Gasteiger partial charge in [0.2, 0.25) is 0 Å². The number of furan rings is 1. The Morgan fingerprint density at radius 3 is 2.88 bits per heavy atom. The standard InChI is InChI=1S/C12H16N2OS/c1-8(2)5-10-11(6-13)16-12(14-10)9-3-4-15-7-9/h3-4,7-8H,5-6,13H2,1-2H3. The molecule has 0 aliphatic heterocycles. The van der Waals surface area contributed by atoms with Crippen molar-refractivity contribution in [1.82, 2.24) is 4.98 Å². The lowest BCUT2D eigenvalue weighted by molar-refractivity contribution is 0.568. The summed E-state index contributed by atoms with van der Waals surface area (Å²) in [7, 11) is 0. The van der Waals surface area contributed by atoms with Crippen molar-refractivity contribution >= 4 is 11.3 Å². The van der Waals surface area contributed by atoms with Gasteiger partial charge in [-0.1, -0.05) is 13.8 Å². The molecule has 0 aliphatic rings. The number of nitrogens with two attached hydrogens (primary N) is 1. The molecule has 16 heavy (non-hydrogen) atoms. The second kappa shape index (κ2) is 4.80. The number of hydrogen-bond donors (Lipinski definition) is 1. The lowest BCUT2D eigenvalue weighted by atomic mass is 10.1. The molecule has 0 aromatic carbocycles. The molecular formula is C12H16N2OS. The van der Waals surface area contributed by atoms with Crippen molar-refractivity contribution in [3.05, 3.63) is 29.2 Å². The van der Waals surface area contributed by atoms with Crippen LogP contribution in [-0.2, 0) is 13.0 Å². The van der Waals surface area contributed by atoms with Crippen LogP contribution in [0.5, 0.6) is 0 Å². The molecule has 86 valence electrons. The average Bonchev–Trinajstić information content (AvgIpc) is 2.83. The largest absolute Gasteiger partial charge is 0.472 e. The van der Waals surface area contributed by atoms with Crippen molar-refractivity contribution < 1.29 is 4.42 Å². The second-order valence-electron chi connectivity index (χ2n) is 4.20. The quantitative estimate of drug-likeness (QED) is 0.887. The Balaban J connectivity index is 2.32. The van der Waals surface area contributed by atoms with Crippen LogP contribution in [-0.4, -0.2) is 4.98 Å². The van der Waals surface area contributed by atoms with E-state index in [1.807, 2.05) is 6.07 Å². The Kier molecular flexibility index (Phi) is 3.41. The minimum atomic E-state index is 0.567. The maximum Gasteiger partial charge on any atom is 0.127 e. The zero-order chi connectivity index (χ0) is 11.5. The van der Waals surface area contributed by atoms with Crippen molar-refractivity contribution in [2.75, 3.05) is 0 Å². The Morgan fingerprint density at radius 1 is 1.50 bits per heavy atom. The first-order valence-electron chi connectivity index (χ1n) is 5.42. The molecule has 4 heteroatoms. The Hall–Kier alpha value is -1.13. The van der Waals surface area contributed by atoms with Crippen LogP contribution in [0.25, 0.3) is 10.6 Å². The van der Waals surface area contributed by atoms with Gasteiger partial charge in [0.05, 0.1) is 12.0 Å². The Morgan fingerprint density at radius 2 is 2.31 bits per heavy atom. The van der Waals surface area contributed by atoms with Gasteiger partial charge < -0.3 is 10.2 Å². The molecule has 0 fully saturated rings. The van der Waals surface area contributed by atoms with Gasteiger partial charge in [0.25, 0.3) is 0 Å². The lowest BCUT2D eigenvalue weighted by Crippen LogP contribution is -2.01. The van der Waals surface area contributed by atoms with E-state index in [1.54, 1.807) is 23.9 Å². The van der Waals surface area contributed by atoms with E-state index in [0.29, 0.717) is 12.5 Å². The van der Waals surface area contributed by atoms with Gasteiger partial charge in [-0.25, -0.2) is 4.98 Å². The lowest BCUT2D eigenvalue weighted by Gasteiger charge is -2.02. The molecule has 0 aliphatic carbocycles. The molecule has 2 heterocycles. The summed E-state index contributed by atoms with van der Waals surface area (Å²) in [5.41, 5.74) is 7.91. The van der Waals surface area contributed by atoms with Gasteiger partial charge in [-0.05, 0) is 18.4 Å². The molecule has 3 nitrogen and oxygen atoms in total. The summed E-state index contributed by atoms with van der Waals surface area (Å²) in [4.78, 5) is 5.83. The number of nitrogens with zero attached hydrogens (tertiary/aromatic N) is 1. The molecule has 2 rings (SSSR count). The van der Waals surface area contributed by atoms with Crippen molar-refractivity contribution in [2.45, 2.75) is 26.8 Å². The minimum Gasteiger partial charge on any atom is -0.472 e. The number of aromatic nitrogens is 1. The van der Waals surface area contributed by atoms with E-state index in [4.69, 9.17) is 10.2 Å². The molecule has 0 bridgehead atoms. The third kappa shape index (κ3) is 2.33. The zero-order valence-corrected chi connectivity index (χ0v) is 10.4. The van der Waals surface area contributed by atoms with Crippen molar-refractivity contribution in [3.63, 3.8) is 0 Å². The fourth-order valence-electron chi connectivity index (χ4n) is 1.60. The van der Waals surface area contributed by atoms with Crippen LogP contribution >= 0.6 is 11.3 Å². The highest BCUT2D eigenvalue weighted by atomic mass is 32.1. The summed E-state index contributed by atoms with van der Waals surface area (Å²) in [6.07, 6.45) is 4.38. The average molecular weight is 236 g/mol. The van der Waals surface area contributed by atoms with Crippen molar-refractivity contribution in [3.8, 4) is 10.6 Å². The van der Waals surface area contributed by atoms with Crippen LogP contribution in [0.2, 0.25) is 0 Å². The molecule has 0 atom stereocenters. The van der Waals surface area contributed by atoms with E-state index in [9.17, 15) is 0 Å². The predicted octanol–water partition coefficient (Wildman–Crippen LogP) is 3.06. The molecule has 2 aromatic heterocycles. The summed E-state index contributed by atoms with van der Waals surface area (Å²) in [6.45, 7) is 4.95. The molecule has 0 saturated carbocycles. The van der Waals surface area contributed by atoms with E-state index in [-0.39, 0.29) is 0 Å². The van der Waals surface area contributed by atoms with Crippen LogP contribution in [0, 0.1) is 5.92 Å². The van der Waals surface area contributed by atoms with Gasteiger partial charge in [0.1, 0.15) is 11.3 Å². The molecule has 2 N–H and O–H groups in total. The number of thiazole rings is 1. The molecular weight excluding hydrogens is 220 g/mol. The highest BCUT2D eigenvalue weighted by Crippen LogP contribution is 2.29. The topological polar surface area (TPSA) is 52.0 Å². The first-order valence-corrected chi connectivity index (χ1v) is 6.23. The predicted molar refractivity (Wildman–Crippen MR) is 66.2 cm³/mol.